The number of hydrogen-bond acceptors (Lipinski definition) is 5. The molecule has 0 fully saturated rings. The van der Waals surface area contributed by atoms with Crippen LogP contribution in [0.3, 0.4) is 0 Å². The standard InChI is InChI=1S/C35H34F3N7O3/c36-35(37,38)26-11-4-9-23(17-26)20-43-33(47)25-14-15-29-28(19-25)44-32(45(29)30(31(39)46)13-6-16-42-34(40)41)24-10-5-12-27(18-24)48-21-22-7-2-1-3-8-22/h1-5,7-12,14-15,17-19,30H,6,13,16,20-21H2,(H2,39,46)(H,43,47)(H4,40,41,42). The van der Waals surface area contributed by atoms with Crippen molar-refractivity contribution in [1.82, 2.24) is 20.2 Å². The van der Waals surface area contributed by atoms with Crippen LogP contribution in [0.15, 0.2) is 97.1 Å². The van der Waals surface area contributed by atoms with Crippen LogP contribution in [-0.2, 0) is 24.1 Å². The maximum Gasteiger partial charge on any atom is 0.416 e. The third-order valence-corrected chi connectivity index (χ3v) is 7.61. The lowest BCUT2D eigenvalue weighted by atomic mass is 10.1. The molecule has 4 aromatic carbocycles. The highest BCUT2D eigenvalue weighted by molar-refractivity contribution is 5.98. The number of aromatic nitrogens is 2. The van der Waals surface area contributed by atoms with E-state index in [0.717, 1.165) is 17.7 Å². The van der Waals surface area contributed by atoms with Gasteiger partial charge in [-0.25, -0.2) is 4.98 Å². The van der Waals surface area contributed by atoms with Crippen LogP contribution >= 0.6 is 0 Å². The molecule has 0 aliphatic rings. The molecule has 1 aromatic heterocycles. The first-order valence-corrected chi connectivity index (χ1v) is 15.1. The predicted molar refractivity (Wildman–Crippen MR) is 176 cm³/mol. The molecular formula is C35H34F3N7O3. The molecule has 10 nitrogen and oxygen atoms in total. The average Bonchev–Trinajstić information content (AvgIpc) is 3.45. The lowest BCUT2D eigenvalue weighted by Gasteiger charge is -2.20. The molecule has 0 aliphatic heterocycles. The third kappa shape index (κ3) is 8.29. The van der Waals surface area contributed by atoms with Gasteiger partial charge in [0.15, 0.2) is 5.96 Å². The number of nitrogens with one attached hydrogen (secondary N) is 3. The fraction of sp³-hybridized carbons (Fsp3) is 0.200. The maximum atomic E-state index is 13.1. The molecule has 248 valence electrons. The van der Waals surface area contributed by atoms with Crippen LogP contribution in [0.5, 0.6) is 5.75 Å². The largest absolute Gasteiger partial charge is 0.489 e. The zero-order chi connectivity index (χ0) is 34.3. The summed E-state index contributed by atoms with van der Waals surface area (Å²) < 4.78 is 47.2. The van der Waals surface area contributed by atoms with Gasteiger partial charge in [-0.2, -0.15) is 13.2 Å². The second kappa shape index (κ2) is 14.7. The van der Waals surface area contributed by atoms with E-state index < -0.39 is 29.6 Å². The van der Waals surface area contributed by atoms with E-state index in [-0.39, 0.29) is 18.1 Å². The Labute approximate surface area is 274 Å². The van der Waals surface area contributed by atoms with Crippen molar-refractivity contribution in [2.75, 3.05) is 6.54 Å². The van der Waals surface area contributed by atoms with Crippen molar-refractivity contribution in [2.24, 2.45) is 11.5 Å². The summed E-state index contributed by atoms with van der Waals surface area (Å²) in [6.07, 6.45) is -3.73. The fourth-order valence-corrected chi connectivity index (χ4v) is 5.28. The van der Waals surface area contributed by atoms with Crippen LogP contribution in [0.1, 0.15) is 45.9 Å². The zero-order valence-electron chi connectivity index (χ0n) is 25.8. The monoisotopic (exact) mass is 657 g/mol. The van der Waals surface area contributed by atoms with Crippen LogP contribution in [0.2, 0.25) is 0 Å². The number of amides is 2. The van der Waals surface area contributed by atoms with E-state index in [1.54, 1.807) is 28.8 Å². The predicted octanol–water partition coefficient (Wildman–Crippen LogP) is 5.52. The van der Waals surface area contributed by atoms with Gasteiger partial charge in [0.2, 0.25) is 5.91 Å². The molecule has 1 unspecified atom stereocenters. The molecule has 48 heavy (non-hydrogen) atoms. The Bertz CT molecular complexity index is 1930. The van der Waals surface area contributed by atoms with Gasteiger partial charge in [-0.15, -0.1) is 0 Å². The number of hydrogen-bond donors (Lipinski definition) is 5. The third-order valence-electron chi connectivity index (χ3n) is 7.61. The number of rotatable bonds is 13. The lowest BCUT2D eigenvalue weighted by Crippen LogP contribution is -2.32. The topological polar surface area (TPSA) is 161 Å². The molecule has 0 radical (unpaired) electrons. The van der Waals surface area contributed by atoms with Gasteiger partial charge >= 0.3 is 6.18 Å². The minimum Gasteiger partial charge on any atom is -0.489 e. The molecule has 0 bridgehead atoms. The maximum absolute atomic E-state index is 13.1. The summed E-state index contributed by atoms with van der Waals surface area (Å²) in [6, 6.07) is 25.6. The van der Waals surface area contributed by atoms with Crippen molar-refractivity contribution in [2.45, 2.75) is 38.2 Å². The summed E-state index contributed by atoms with van der Waals surface area (Å²) >= 11 is 0. The molecule has 13 heteroatoms. The molecular weight excluding hydrogens is 623 g/mol. The number of halogens is 3. The summed E-state index contributed by atoms with van der Waals surface area (Å²) in [7, 11) is 0. The molecule has 0 saturated carbocycles. The summed E-state index contributed by atoms with van der Waals surface area (Å²) in [5.41, 5.74) is 13.6. The van der Waals surface area contributed by atoms with Gasteiger partial charge in [-0.3, -0.25) is 15.0 Å². The van der Waals surface area contributed by atoms with Gasteiger partial charge in [-0.05, 0) is 66.4 Å². The smallest absolute Gasteiger partial charge is 0.416 e. The van der Waals surface area contributed by atoms with Gasteiger partial charge in [0.25, 0.3) is 5.91 Å². The molecule has 0 aliphatic carbocycles. The molecule has 2 amide bonds. The Morgan fingerprint density at radius 2 is 1.65 bits per heavy atom. The van der Waals surface area contributed by atoms with Crippen molar-refractivity contribution < 1.29 is 27.5 Å². The Hall–Kier alpha value is -5.85. The van der Waals surface area contributed by atoms with E-state index >= 15 is 0 Å². The molecule has 5 rings (SSSR count). The number of ether oxygens (including phenoxy) is 1. The van der Waals surface area contributed by atoms with Crippen molar-refractivity contribution in [3.05, 3.63) is 119 Å². The number of imidazole rings is 1. The van der Waals surface area contributed by atoms with Crippen LogP contribution in [0, 0.1) is 5.41 Å². The number of nitrogens with two attached hydrogens (primary N) is 2. The van der Waals surface area contributed by atoms with Crippen LogP contribution in [-0.4, -0.2) is 33.9 Å². The van der Waals surface area contributed by atoms with E-state index in [0.29, 0.717) is 59.7 Å². The molecule has 0 spiro atoms. The minimum absolute atomic E-state index is 0.117. The second-order valence-corrected chi connectivity index (χ2v) is 11.1. The summed E-state index contributed by atoms with van der Waals surface area (Å²) in [5, 5.41) is 12.8. The quantitative estimate of drug-likeness (QED) is 0.0637. The molecule has 7 N–H and O–H groups in total. The summed E-state index contributed by atoms with van der Waals surface area (Å²) in [4.78, 5) is 30.8. The highest BCUT2D eigenvalue weighted by Gasteiger charge is 2.30. The van der Waals surface area contributed by atoms with Crippen LogP contribution < -0.4 is 26.8 Å². The highest BCUT2D eigenvalue weighted by atomic mass is 19.4. The second-order valence-electron chi connectivity index (χ2n) is 11.1. The molecule has 1 atom stereocenters. The number of alkyl halides is 3. The molecule has 0 saturated heterocycles. The van der Waals surface area contributed by atoms with E-state index in [4.69, 9.17) is 26.6 Å². The van der Waals surface area contributed by atoms with Crippen LogP contribution in [0.4, 0.5) is 13.2 Å². The first kappa shape index (κ1) is 33.5. The van der Waals surface area contributed by atoms with Crippen molar-refractivity contribution >= 4 is 28.8 Å². The summed E-state index contributed by atoms with van der Waals surface area (Å²) in [6.45, 7) is 0.571. The number of guanidine groups is 1. The van der Waals surface area contributed by atoms with Gasteiger partial charge in [0.05, 0.1) is 16.6 Å². The molecule has 1 heterocycles. The van der Waals surface area contributed by atoms with Gasteiger partial charge < -0.3 is 31.4 Å². The zero-order valence-corrected chi connectivity index (χ0v) is 25.8. The number of benzene rings is 4. The Morgan fingerprint density at radius 3 is 2.38 bits per heavy atom. The van der Waals surface area contributed by atoms with E-state index in [9.17, 15) is 22.8 Å². The van der Waals surface area contributed by atoms with Gasteiger partial charge in [0.1, 0.15) is 24.2 Å². The number of primary amides is 1. The number of carbonyl (C=O) groups is 2. The number of fused-ring (bicyclic) bond motifs is 1. The first-order valence-electron chi connectivity index (χ1n) is 15.1. The van der Waals surface area contributed by atoms with Gasteiger partial charge in [0, 0.05) is 24.2 Å². The van der Waals surface area contributed by atoms with E-state index in [1.807, 2.05) is 48.5 Å². The van der Waals surface area contributed by atoms with Crippen molar-refractivity contribution in [3.8, 4) is 17.1 Å². The average molecular weight is 658 g/mol. The van der Waals surface area contributed by atoms with Crippen molar-refractivity contribution in [3.63, 3.8) is 0 Å². The highest BCUT2D eigenvalue weighted by Crippen LogP contribution is 2.33. The fourth-order valence-electron chi connectivity index (χ4n) is 5.28. The van der Waals surface area contributed by atoms with Gasteiger partial charge in [-0.1, -0.05) is 54.6 Å². The first-order chi connectivity index (χ1) is 23.0. The summed E-state index contributed by atoms with van der Waals surface area (Å²) in [5.74, 6) is -0.308. The Morgan fingerprint density at radius 1 is 0.896 bits per heavy atom. The Kier molecular flexibility index (Phi) is 10.3. The van der Waals surface area contributed by atoms with E-state index in [2.05, 4.69) is 10.6 Å². The van der Waals surface area contributed by atoms with Crippen LogP contribution in [0.25, 0.3) is 22.4 Å². The number of nitrogens with zero attached hydrogens (tertiary/aromatic N) is 2. The molecule has 5 aromatic rings. The van der Waals surface area contributed by atoms with Crippen molar-refractivity contribution in [1.29, 1.82) is 5.41 Å². The number of carbonyl (C=O) groups excluding carboxylic acids is 2. The Balaban J connectivity index is 1.46. The lowest BCUT2D eigenvalue weighted by molar-refractivity contribution is -0.137. The normalized spacial score (nSPS) is 12.0. The minimum atomic E-state index is -4.50. The SMILES string of the molecule is N=C(N)NCCCC(C(N)=O)n1c(-c2cccc(OCc3ccccc3)c2)nc2cc(C(=O)NCc3cccc(C(F)(F)F)c3)ccc21. The van der Waals surface area contributed by atoms with E-state index in [1.165, 1.54) is 12.1 Å².